The Bertz CT molecular complexity index is 2940. The lowest BCUT2D eigenvalue weighted by Crippen LogP contribution is -2.34. The van der Waals surface area contributed by atoms with Gasteiger partial charge in [-0.25, -0.2) is 14.4 Å². The summed E-state index contributed by atoms with van der Waals surface area (Å²) in [5.74, 6) is 0.216. The molecule has 0 atom stereocenters. The molecule has 4 aromatic carbocycles. The maximum atomic E-state index is 13.5. The Balaban J connectivity index is 1.95. The molecule has 1 aliphatic carbocycles. The van der Waals surface area contributed by atoms with Crippen molar-refractivity contribution in [3.63, 3.8) is 0 Å². The van der Waals surface area contributed by atoms with Gasteiger partial charge < -0.3 is 37.9 Å². The highest BCUT2D eigenvalue weighted by Gasteiger charge is 2.35. The molecule has 0 amide bonds. The Morgan fingerprint density at radius 3 is 0.758 bits per heavy atom. The number of fused-ring (bicyclic) bond motifs is 8. The van der Waals surface area contributed by atoms with Crippen molar-refractivity contribution in [3.05, 3.63) is 152 Å². The number of carbonyl (C=O) groups excluding carboxylic acids is 5. The molecule has 8 bridgehead atoms. The van der Waals surface area contributed by atoms with Gasteiger partial charge in [0.1, 0.15) is 87.1 Å². The van der Waals surface area contributed by atoms with Crippen LogP contribution in [0.5, 0.6) is 23.0 Å². The average molecular weight is 1250 g/mol. The van der Waals surface area contributed by atoms with E-state index in [0.29, 0.717) is 65.4 Å². The molecular formula is C78H108O13. The van der Waals surface area contributed by atoms with Crippen molar-refractivity contribution < 1.29 is 61.9 Å². The number of benzene rings is 4. The van der Waals surface area contributed by atoms with E-state index in [2.05, 4.69) is 96.0 Å². The fourth-order valence-corrected chi connectivity index (χ4v) is 11.3. The lowest BCUT2D eigenvalue weighted by molar-refractivity contribution is -0.158. The van der Waals surface area contributed by atoms with Gasteiger partial charge in [-0.2, -0.15) is 0 Å². The first kappa shape index (κ1) is 74.6. The highest BCUT2D eigenvalue weighted by atomic mass is 16.6. The first-order valence-electron chi connectivity index (χ1n) is 34.0. The number of ether oxygens (including phenoxy) is 8. The van der Waals surface area contributed by atoms with Gasteiger partial charge in [0.2, 0.25) is 0 Å². The molecule has 0 heterocycles. The van der Waals surface area contributed by atoms with Crippen LogP contribution in [0.4, 0.5) is 0 Å². The molecule has 0 unspecified atom stereocenters. The van der Waals surface area contributed by atoms with Crippen molar-refractivity contribution in [2.24, 2.45) is 5.41 Å². The van der Waals surface area contributed by atoms with E-state index in [0.717, 1.165) is 195 Å². The van der Waals surface area contributed by atoms with E-state index in [1.54, 1.807) is 34.6 Å². The summed E-state index contributed by atoms with van der Waals surface area (Å²) in [5, 5.41) is 0. The highest BCUT2D eigenvalue weighted by Crippen LogP contribution is 2.42. The van der Waals surface area contributed by atoms with E-state index >= 15 is 0 Å². The molecule has 0 radical (unpaired) electrons. The summed E-state index contributed by atoms with van der Waals surface area (Å²) >= 11 is 0. The Kier molecular flexibility index (Phi) is 32.2. The second-order valence-corrected chi connectivity index (χ2v) is 25.4. The van der Waals surface area contributed by atoms with Crippen molar-refractivity contribution in [1.82, 2.24) is 0 Å². The minimum absolute atomic E-state index is 0.000489. The van der Waals surface area contributed by atoms with Gasteiger partial charge in [-0.15, -0.1) is 0 Å². The molecule has 0 aromatic heterocycles. The van der Waals surface area contributed by atoms with Crippen LogP contribution in [-0.2, 0) is 94.3 Å². The average Bonchev–Trinajstić information content (AvgIpc) is 0.810. The molecule has 1 aliphatic rings. The topological polar surface area (TPSA) is 159 Å². The maximum absolute atomic E-state index is 13.5. The maximum Gasteiger partial charge on any atom is 0.333 e. The van der Waals surface area contributed by atoms with Crippen LogP contribution in [0, 0.1) is 5.41 Å². The Morgan fingerprint density at radius 1 is 0.341 bits per heavy atom. The number of Topliss-reactive ketones (excluding diaryl/α,β-unsaturated/α-hetero) is 1. The number of rotatable bonds is 41. The van der Waals surface area contributed by atoms with Crippen LogP contribution >= 0.6 is 0 Å². The van der Waals surface area contributed by atoms with Crippen LogP contribution in [0.25, 0.3) is 0 Å². The summed E-state index contributed by atoms with van der Waals surface area (Å²) in [6, 6.07) is 18.1. The summed E-state index contributed by atoms with van der Waals surface area (Å²) in [4.78, 5) is 64.6. The third-order valence-corrected chi connectivity index (χ3v) is 16.7. The van der Waals surface area contributed by atoms with Gasteiger partial charge in [0.15, 0.2) is 0 Å². The molecule has 0 N–H and O–H groups in total. The summed E-state index contributed by atoms with van der Waals surface area (Å²) < 4.78 is 51.0. The number of unbranched alkanes of at least 4 members (excludes halogenated alkanes) is 12. The van der Waals surface area contributed by atoms with Gasteiger partial charge in [0.25, 0.3) is 0 Å². The second-order valence-electron chi connectivity index (χ2n) is 25.4. The zero-order chi connectivity index (χ0) is 66.3. The molecule has 13 heteroatoms. The van der Waals surface area contributed by atoms with Crippen LogP contribution in [0.2, 0.25) is 0 Å². The predicted octanol–water partition coefficient (Wildman–Crippen LogP) is 16.9. The van der Waals surface area contributed by atoms with Crippen LogP contribution in [0.15, 0.2) is 85.0 Å². The number of aryl methyl sites for hydroxylation is 4. The predicted molar refractivity (Wildman–Crippen MR) is 363 cm³/mol. The zero-order valence-corrected chi connectivity index (χ0v) is 57.2. The molecule has 5 rings (SSSR count). The number of carbonyl (C=O) groups is 5. The molecule has 0 aliphatic heterocycles. The van der Waals surface area contributed by atoms with E-state index in [4.69, 9.17) is 37.9 Å². The van der Waals surface area contributed by atoms with Crippen molar-refractivity contribution in [3.8, 4) is 23.0 Å². The quantitative estimate of drug-likeness (QED) is 0.0120. The molecular weight excluding hydrogens is 1140 g/mol. The fourth-order valence-electron chi connectivity index (χ4n) is 11.3. The van der Waals surface area contributed by atoms with E-state index in [-0.39, 0.29) is 58.6 Å². The number of ketones is 1. The highest BCUT2D eigenvalue weighted by molar-refractivity contribution is 6.01. The molecule has 0 spiro atoms. The van der Waals surface area contributed by atoms with E-state index in [9.17, 15) is 24.0 Å². The van der Waals surface area contributed by atoms with Gasteiger partial charge in [-0.05, 0) is 160 Å². The summed E-state index contributed by atoms with van der Waals surface area (Å²) in [6.45, 7) is 29.8. The summed E-state index contributed by atoms with van der Waals surface area (Å²) in [7, 11) is 0. The van der Waals surface area contributed by atoms with Gasteiger partial charge in [0, 0.05) is 42.4 Å². The van der Waals surface area contributed by atoms with E-state index in [1.165, 1.54) is 6.92 Å². The molecule has 13 nitrogen and oxygen atoms in total. The largest absolute Gasteiger partial charge is 0.489 e. The van der Waals surface area contributed by atoms with Crippen molar-refractivity contribution in [2.75, 3.05) is 52.9 Å². The zero-order valence-electron chi connectivity index (χ0n) is 57.2. The van der Waals surface area contributed by atoms with Crippen molar-refractivity contribution in [2.45, 2.75) is 223 Å². The minimum atomic E-state index is -1.34. The number of esters is 4. The third-order valence-electron chi connectivity index (χ3n) is 16.7. The molecule has 91 heavy (non-hydrogen) atoms. The molecule has 4 aromatic rings. The van der Waals surface area contributed by atoms with Gasteiger partial charge in [-0.1, -0.05) is 173 Å². The van der Waals surface area contributed by atoms with E-state index < -0.39 is 29.3 Å². The molecule has 0 saturated heterocycles. The van der Waals surface area contributed by atoms with Crippen LogP contribution in [-0.4, -0.2) is 82.5 Å². The Labute approximate surface area is 545 Å². The van der Waals surface area contributed by atoms with Gasteiger partial charge in [-0.3, -0.25) is 9.59 Å². The summed E-state index contributed by atoms with van der Waals surface area (Å²) in [6.07, 6.45) is 22.0. The van der Waals surface area contributed by atoms with Crippen LogP contribution < -0.4 is 18.9 Å². The fraction of sp³-hybridized carbons (Fsp3) is 0.551. The normalized spacial score (nSPS) is 11.9. The first-order chi connectivity index (χ1) is 43.7. The standard InChI is InChI=1S/C78H108O13/c1-14-18-22-26-30-58-42-62-50-64-44-59(31-27-23-19-15-2)46-66(71(64)85-35-39-89-75(81)55(7)8)52-68-48-61(33-29-25-21-17-4)49-69(73(68)87-37-41-91-77(83)78(12,13)57(11)79)53-67-47-60(32-28-24-20-16-3)45-65(72(67)86-36-40-90-76(82)56(9)10)51-63(43-58)70(62)84-34-38-88-74(80)54(5)6/h42-49H,5,7,9,14-41,50-53H2,1-4,6,8,10-13H3. The van der Waals surface area contributed by atoms with Gasteiger partial charge in [0.05, 0.1) is 0 Å². The SMILES string of the molecule is C=C(C)C(=O)OCCOc1c2cc(CCCCCC)cc1Cc1cc(CCCCCC)cc(c1OCCOC(=O)C(=C)C)Cc1cc(CCCCCC)cc(c1OCCOC(=O)C(C)(C)C(C)=O)Cc1cc(CCCCCC)cc(c1OCCOC(=O)C(=C)C)C2. The first-order valence-corrected chi connectivity index (χ1v) is 34.0. The Morgan fingerprint density at radius 2 is 0.560 bits per heavy atom. The summed E-state index contributed by atoms with van der Waals surface area (Å²) in [5.41, 5.74) is 11.6. The lowest BCUT2D eigenvalue weighted by atomic mass is 9.87. The van der Waals surface area contributed by atoms with Crippen molar-refractivity contribution >= 4 is 29.7 Å². The monoisotopic (exact) mass is 1250 g/mol. The van der Waals surface area contributed by atoms with Gasteiger partial charge >= 0.3 is 23.9 Å². The molecule has 498 valence electrons. The number of hydrogen-bond donors (Lipinski definition) is 0. The number of hydrogen-bond acceptors (Lipinski definition) is 13. The minimum Gasteiger partial charge on any atom is -0.489 e. The Hall–Kier alpha value is -7.15. The molecule has 0 fully saturated rings. The van der Waals surface area contributed by atoms with E-state index in [1.807, 2.05) is 0 Å². The smallest absolute Gasteiger partial charge is 0.333 e. The molecule has 0 saturated carbocycles. The van der Waals surface area contributed by atoms with Crippen LogP contribution in [0.3, 0.4) is 0 Å². The second kappa shape index (κ2) is 39.3. The third kappa shape index (κ3) is 24.4. The lowest BCUT2D eigenvalue weighted by Gasteiger charge is -2.25. The van der Waals surface area contributed by atoms with Crippen LogP contribution in [0.1, 0.15) is 239 Å². The van der Waals surface area contributed by atoms with Crippen molar-refractivity contribution in [1.29, 1.82) is 0 Å².